The van der Waals surface area contributed by atoms with Crippen LogP contribution in [0.2, 0.25) is 0 Å². The molecule has 0 aliphatic carbocycles. The maximum atomic E-state index is 13.3. The maximum absolute atomic E-state index is 13.3. The molecule has 1 aromatic heterocycles. The fourth-order valence-electron chi connectivity index (χ4n) is 1.27. The van der Waals surface area contributed by atoms with Crippen molar-refractivity contribution >= 4 is 0 Å². The highest BCUT2D eigenvalue weighted by molar-refractivity contribution is 5.15. The molecule has 0 aliphatic heterocycles. The molecule has 0 saturated carbocycles. The zero-order valence-electron chi connectivity index (χ0n) is 8.74. The molecule has 3 N–H and O–H groups in total. The largest absolute Gasteiger partial charge is 0.389 e. The van der Waals surface area contributed by atoms with Crippen molar-refractivity contribution in [3.05, 3.63) is 29.3 Å². The molecule has 0 aliphatic rings. The molecule has 0 aromatic carbocycles. The van der Waals surface area contributed by atoms with Crippen LogP contribution in [0.25, 0.3) is 0 Å². The molecule has 0 bridgehead atoms. The third-order valence-electron chi connectivity index (χ3n) is 2.07. The van der Waals surface area contributed by atoms with Gasteiger partial charge in [0.2, 0.25) is 0 Å². The molecule has 0 spiro atoms. The van der Waals surface area contributed by atoms with Gasteiger partial charge in [-0.1, -0.05) is 0 Å². The topological polar surface area (TPSA) is 65.4 Å². The van der Waals surface area contributed by atoms with Crippen molar-refractivity contribution in [2.75, 3.05) is 13.6 Å². The molecule has 0 fully saturated rings. The van der Waals surface area contributed by atoms with E-state index in [4.69, 9.17) is 0 Å². The summed E-state index contributed by atoms with van der Waals surface area (Å²) >= 11 is 0. The van der Waals surface area contributed by atoms with Gasteiger partial charge in [0.1, 0.15) is 17.6 Å². The number of halogens is 1. The molecular weight excluding hydrogens is 199 g/mol. The summed E-state index contributed by atoms with van der Waals surface area (Å²) in [6.07, 6.45) is -2.38. The summed E-state index contributed by atoms with van der Waals surface area (Å²) in [5.74, 6) is -0.608. The van der Waals surface area contributed by atoms with E-state index >= 15 is 0 Å². The third-order valence-corrected chi connectivity index (χ3v) is 2.07. The van der Waals surface area contributed by atoms with Gasteiger partial charge in [-0.15, -0.1) is 0 Å². The van der Waals surface area contributed by atoms with Gasteiger partial charge in [0, 0.05) is 12.2 Å². The van der Waals surface area contributed by atoms with Crippen LogP contribution in [0, 0.1) is 12.7 Å². The van der Waals surface area contributed by atoms with Crippen LogP contribution in [0.15, 0.2) is 12.1 Å². The van der Waals surface area contributed by atoms with E-state index in [9.17, 15) is 14.6 Å². The number of likely N-dealkylation sites (N-methyl/N-ethyl adjacent to an activating group) is 1. The Kier molecular flexibility index (Phi) is 4.14. The standard InChI is InChI=1S/C10H15FN2O2/c1-6-3-4-7(11)9(13-6)10(15)8(14)5-12-2/h3-4,8,10,12,14-15H,5H2,1-2H3. The number of nitrogens with one attached hydrogen (secondary N) is 1. The molecule has 0 amide bonds. The zero-order chi connectivity index (χ0) is 11.4. The van der Waals surface area contributed by atoms with Gasteiger partial charge >= 0.3 is 0 Å². The van der Waals surface area contributed by atoms with Gasteiger partial charge in [-0.25, -0.2) is 4.39 Å². The van der Waals surface area contributed by atoms with Crippen molar-refractivity contribution in [2.45, 2.75) is 19.1 Å². The van der Waals surface area contributed by atoms with Gasteiger partial charge in [-0.2, -0.15) is 0 Å². The first kappa shape index (κ1) is 12.0. The summed E-state index contributed by atoms with van der Waals surface area (Å²) in [5.41, 5.74) is 0.486. The normalized spacial score (nSPS) is 15.0. The molecule has 84 valence electrons. The quantitative estimate of drug-likeness (QED) is 0.667. The summed E-state index contributed by atoms with van der Waals surface area (Å²) in [4.78, 5) is 3.86. The van der Waals surface area contributed by atoms with E-state index in [0.717, 1.165) is 0 Å². The highest BCUT2D eigenvalue weighted by atomic mass is 19.1. The summed E-state index contributed by atoms with van der Waals surface area (Å²) in [6, 6.07) is 2.74. The van der Waals surface area contributed by atoms with Crippen molar-refractivity contribution in [1.29, 1.82) is 0 Å². The van der Waals surface area contributed by atoms with Crippen LogP contribution in [0.5, 0.6) is 0 Å². The fraction of sp³-hybridized carbons (Fsp3) is 0.500. The lowest BCUT2D eigenvalue weighted by molar-refractivity contribution is 0.0153. The van der Waals surface area contributed by atoms with Crippen LogP contribution in [-0.4, -0.2) is 34.9 Å². The summed E-state index contributed by atoms with van der Waals surface area (Å²) in [5, 5.41) is 21.8. The maximum Gasteiger partial charge on any atom is 0.147 e. The number of aromatic nitrogens is 1. The van der Waals surface area contributed by atoms with Crippen molar-refractivity contribution < 1.29 is 14.6 Å². The predicted molar refractivity (Wildman–Crippen MR) is 53.8 cm³/mol. The molecular formula is C10H15FN2O2. The average molecular weight is 214 g/mol. The highest BCUT2D eigenvalue weighted by Gasteiger charge is 2.22. The number of hydrogen-bond acceptors (Lipinski definition) is 4. The van der Waals surface area contributed by atoms with Crippen LogP contribution >= 0.6 is 0 Å². The van der Waals surface area contributed by atoms with E-state index in [1.165, 1.54) is 12.1 Å². The van der Waals surface area contributed by atoms with Crippen molar-refractivity contribution in [2.24, 2.45) is 0 Å². The Morgan fingerprint density at radius 3 is 2.73 bits per heavy atom. The van der Waals surface area contributed by atoms with Crippen molar-refractivity contribution in [3.63, 3.8) is 0 Å². The Bertz CT molecular complexity index is 333. The Balaban J connectivity index is 2.89. The predicted octanol–water partition coefficient (Wildman–Crippen LogP) is 0.143. The lowest BCUT2D eigenvalue weighted by atomic mass is 10.1. The first-order chi connectivity index (χ1) is 7.06. The van der Waals surface area contributed by atoms with E-state index in [1.54, 1.807) is 14.0 Å². The Morgan fingerprint density at radius 1 is 1.47 bits per heavy atom. The van der Waals surface area contributed by atoms with Gasteiger partial charge in [-0.05, 0) is 26.1 Å². The van der Waals surface area contributed by atoms with E-state index < -0.39 is 18.0 Å². The van der Waals surface area contributed by atoms with Gasteiger partial charge in [0.05, 0.1) is 6.10 Å². The Morgan fingerprint density at radius 2 is 2.13 bits per heavy atom. The minimum Gasteiger partial charge on any atom is -0.389 e. The number of aryl methyl sites for hydroxylation is 1. The lowest BCUT2D eigenvalue weighted by Gasteiger charge is -2.17. The van der Waals surface area contributed by atoms with Crippen LogP contribution in [0.1, 0.15) is 17.5 Å². The molecule has 0 saturated heterocycles. The summed E-state index contributed by atoms with van der Waals surface area (Å²) in [6.45, 7) is 1.87. The fourth-order valence-corrected chi connectivity index (χ4v) is 1.27. The summed E-state index contributed by atoms with van der Waals surface area (Å²) < 4.78 is 13.3. The van der Waals surface area contributed by atoms with Crippen LogP contribution in [0.3, 0.4) is 0 Å². The van der Waals surface area contributed by atoms with E-state index in [1.807, 2.05) is 0 Å². The van der Waals surface area contributed by atoms with Gasteiger partial charge in [0.15, 0.2) is 0 Å². The SMILES string of the molecule is CNCC(O)C(O)c1nc(C)ccc1F. The molecule has 15 heavy (non-hydrogen) atoms. The van der Waals surface area contributed by atoms with E-state index in [-0.39, 0.29) is 12.2 Å². The molecule has 2 atom stereocenters. The third kappa shape index (κ3) is 2.95. The number of hydrogen-bond donors (Lipinski definition) is 3. The van der Waals surface area contributed by atoms with Crippen LogP contribution in [-0.2, 0) is 0 Å². The zero-order valence-corrected chi connectivity index (χ0v) is 8.74. The molecule has 4 nitrogen and oxygen atoms in total. The van der Waals surface area contributed by atoms with Gasteiger partial charge in [-0.3, -0.25) is 4.98 Å². The molecule has 1 heterocycles. The van der Waals surface area contributed by atoms with E-state index in [0.29, 0.717) is 5.69 Å². The van der Waals surface area contributed by atoms with Gasteiger partial charge in [0.25, 0.3) is 0 Å². The van der Waals surface area contributed by atoms with E-state index in [2.05, 4.69) is 10.3 Å². The van der Waals surface area contributed by atoms with Crippen molar-refractivity contribution in [3.8, 4) is 0 Å². The first-order valence-corrected chi connectivity index (χ1v) is 4.70. The summed E-state index contributed by atoms with van der Waals surface area (Å²) in [7, 11) is 1.63. The van der Waals surface area contributed by atoms with Crippen molar-refractivity contribution in [1.82, 2.24) is 10.3 Å². The molecule has 0 radical (unpaired) electrons. The second kappa shape index (κ2) is 5.16. The Labute approximate surface area is 87.8 Å². The van der Waals surface area contributed by atoms with Crippen LogP contribution in [0.4, 0.5) is 4.39 Å². The molecule has 5 heteroatoms. The monoisotopic (exact) mass is 214 g/mol. The number of rotatable bonds is 4. The number of nitrogens with zero attached hydrogens (tertiary/aromatic N) is 1. The minimum absolute atomic E-state index is 0.113. The smallest absolute Gasteiger partial charge is 0.147 e. The molecule has 1 aromatic rings. The Hall–Kier alpha value is -1.04. The number of aliphatic hydroxyl groups is 2. The second-order valence-corrected chi connectivity index (χ2v) is 3.39. The minimum atomic E-state index is -1.31. The van der Waals surface area contributed by atoms with Crippen LogP contribution < -0.4 is 5.32 Å². The molecule has 1 rings (SSSR count). The highest BCUT2D eigenvalue weighted by Crippen LogP contribution is 2.18. The number of pyridine rings is 1. The van der Waals surface area contributed by atoms with Gasteiger partial charge < -0.3 is 15.5 Å². The lowest BCUT2D eigenvalue weighted by Crippen LogP contribution is -2.30. The molecule has 2 unspecified atom stereocenters. The first-order valence-electron chi connectivity index (χ1n) is 4.70. The number of aliphatic hydroxyl groups excluding tert-OH is 2. The second-order valence-electron chi connectivity index (χ2n) is 3.39. The average Bonchev–Trinajstić information content (AvgIpc) is 2.21.